The summed E-state index contributed by atoms with van der Waals surface area (Å²) in [4.78, 5) is 24.0. The SMILES string of the molecule is CNCCN(C)C(=O)Nc1cccc(CCC(=O)O)c1. The highest BCUT2D eigenvalue weighted by molar-refractivity contribution is 5.89. The molecule has 1 aromatic rings. The zero-order chi connectivity index (χ0) is 15.0. The van der Waals surface area contributed by atoms with E-state index in [-0.39, 0.29) is 12.5 Å². The number of urea groups is 1. The highest BCUT2D eigenvalue weighted by atomic mass is 16.4. The standard InChI is InChI=1S/C14H21N3O3/c1-15-8-9-17(2)14(20)16-12-5-3-4-11(10-12)6-7-13(18)19/h3-5,10,15H,6-9H2,1-2H3,(H,16,20)(H,18,19). The van der Waals surface area contributed by atoms with E-state index in [2.05, 4.69) is 10.6 Å². The van der Waals surface area contributed by atoms with Crippen molar-refractivity contribution < 1.29 is 14.7 Å². The number of aryl methyl sites for hydroxylation is 1. The van der Waals surface area contributed by atoms with Crippen molar-refractivity contribution in [3.8, 4) is 0 Å². The van der Waals surface area contributed by atoms with Gasteiger partial charge in [0.25, 0.3) is 0 Å². The van der Waals surface area contributed by atoms with E-state index >= 15 is 0 Å². The Morgan fingerprint density at radius 3 is 2.75 bits per heavy atom. The second-order valence-electron chi connectivity index (χ2n) is 4.55. The van der Waals surface area contributed by atoms with E-state index in [9.17, 15) is 9.59 Å². The molecular weight excluding hydrogens is 258 g/mol. The minimum Gasteiger partial charge on any atom is -0.481 e. The number of rotatable bonds is 7. The van der Waals surface area contributed by atoms with Gasteiger partial charge in [-0.25, -0.2) is 4.79 Å². The summed E-state index contributed by atoms with van der Waals surface area (Å²) in [5.41, 5.74) is 1.57. The molecule has 0 radical (unpaired) electrons. The van der Waals surface area contributed by atoms with Crippen LogP contribution in [0.2, 0.25) is 0 Å². The third-order valence-corrected chi connectivity index (χ3v) is 2.85. The third kappa shape index (κ3) is 5.71. The van der Waals surface area contributed by atoms with Crippen molar-refractivity contribution in [1.29, 1.82) is 0 Å². The smallest absolute Gasteiger partial charge is 0.321 e. The van der Waals surface area contributed by atoms with Gasteiger partial charge in [0.05, 0.1) is 0 Å². The van der Waals surface area contributed by atoms with Crippen molar-refractivity contribution in [3.63, 3.8) is 0 Å². The van der Waals surface area contributed by atoms with Gasteiger partial charge >= 0.3 is 12.0 Å². The van der Waals surface area contributed by atoms with Crippen LogP contribution in [-0.4, -0.2) is 49.2 Å². The Morgan fingerprint density at radius 1 is 1.35 bits per heavy atom. The zero-order valence-corrected chi connectivity index (χ0v) is 11.8. The first kappa shape index (κ1) is 16.0. The predicted molar refractivity (Wildman–Crippen MR) is 78.0 cm³/mol. The molecule has 0 fully saturated rings. The molecule has 6 heteroatoms. The zero-order valence-electron chi connectivity index (χ0n) is 11.8. The topological polar surface area (TPSA) is 81.7 Å². The van der Waals surface area contributed by atoms with E-state index in [1.165, 1.54) is 0 Å². The Kier molecular flexibility index (Phi) is 6.52. The van der Waals surface area contributed by atoms with Gasteiger partial charge in [-0.05, 0) is 31.2 Å². The highest BCUT2D eigenvalue weighted by Gasteiger charge is 2.08. The Morgan fingerprint density at radius 2 is 2.10 bits per heavy atom. The molecule has 0 heterocycles. The van der Waals surface area contributed by atoms with Gasteiger partial charge < -0.3 is 20.6 Å². The van der Waals surface area contributed by atoms with E-state index in [1.807, 2.05) is 13.1 Å². The second-order valence-corrected chi connectivity index (χ2v) is 4.55. The van der Waals surface area contributed by atoms with Crippen LogP contribution in [0.1, 0.15) is 12.0 Å². The number of hydrogen-bond acceptors (Lipinski definition) is 3. The molecule has 0 atom stereocenters. The van der Waals surface area contributed by atoms with E-state index in [1.54, 1.807) is 30.1 Å². The summed E-state index contributed by atoms with van der Waals surface area (Å²) in [6.45, 7) is 1.34. The molecule has 0 saturated heterocycles. The van der Waals surface area contributed by atoms with E-state index in [0.29, 0.717) is 18.7 Å². The maximum Gasteiger partial charge on any atom is 0.321 e. The van der Waals surface area contributed by atoms with Crippen LogP contribution in [0.25, 0.3) is 0 Å². The monoisotopic (exact) mass is 279 g/mol. The van der Waals surface area contributed by atoms with Crippen LogP contribution in [0.3, 0.4) is 0 Å². The largest absolute Gasteiger partial charge is 0.481 e. The summed E-state index contributed by atoms with van der Waals surface area (Å²) < 4.78 is 0. The van der Waals surface area contributed by atoms with Crippen LogP contribution in [0.5, 0.6) is 0 Å². The van der Waals surface area contributed by atoms with Crippen molar-refractivity contribution in [3.05, 3.63) is 29.8 Å². The van der Waals surface area contributed by atoms with Crippen LogP contribution in [0, 0.1) is 0 Å². The Bertz CT molecular complexity index is 463. The molecule has 2 amide bonds. The number of nitrogens with one attached hydrogen (secondary N) is 2. The fourth-order valence-corrected chi connectivity index (χ4v) is 1.66. The molecule has 0 aliphatic rings. The Labute approximate surface area is 118 Å². The van der Waals surface area contributed by atoms with E-state index in [4.69, 9.17) is 5.11 Å². The average Bonchev–Trinajstić information content (AvgIpc) is 2.42. The van der Waals surface area contributed by atoms with Gasteiger partial charge in [0.1, 0.15) is 0 Å². The molecule has 6 nitrogen and oxygen atoms in total. The number of amides is 2. The van der Waals surface area contributed by atoms with Gasteiger partial charge in [-0.1, -0.05) is 12.1 Å². The lowest BCUT2D eigenvalue weighted by Gasteiger charge is -2.18. The molecule has 0 aliphatic carbocycles. The summed E-state index contributed by atoms with van der Waals surface area (Å²) in [6, 6.07) is 7.06. The molecular formula is C14H21N3O3. The first-order valence-corrected chi connectivity index (χ1v) is 6.50. The number of carboxylic acid groups (broad SMARTS) is 1. The number of aliphatic carboxylic acids is 1. The van der Waals surface area contributed by atoms with Crippen molar-refractivity contribution >= 4 is 17.7 Å². The molecule has 1 rings (SSSR count). The highest BCUT2D eigenvalue weighted by Crippen LogP contribution is 2.12. The maximum atomic E-state index is 11.9. The van der Waals surface area contributed by atoms with Gasteiger partial charge in [0.15, 0.2) is 0 Å². The summed E-state index contributed by atoms with van der Waals surface area (Å²) >= 11 is 0. The minimum absolute atomic E-state index is 0.0828. The van der Waals surface area contributed by atoms with Crippen LogP contribution < -0.4 is 10.6 Å². The molecule has 3 N–H and O–H groups in total. The number of carbonyl (C=O) groups excluding carboxylic acids is 1. The summed E-state index contributed by atoms with van der Waals surface area (Å²) in [6.07, 6.45) is 0.536. The first-order chi connectivity index (χ1) is 9.52. The van der Waals surface area contributed by atoms with Crippen LogP contribution in [-0.2, 0) is 11.2 Å². The third-order valence-electron chi connectivity index (χ3n) is 2.85. The molecule has 20 heavy (non-hydrogen) atoms. The van der Waals surface area contributed by atoms with E-state index < -0.39 is 5.97 Å². The predicted octanol–water partition coefficient (Wildman–Crippen LogP) is 1.39. The number of benzene rings is 1. The molecule has 1 aromatic carbocycles. The Hall–Kier alpha value is -2.08. The van der Waals surface area contributed by atoms with Crippen molar-refractivity contribution in [2.24, 2.45) is 0 Å². The van der Waals surface area contributed by atoms with Crippen molar-refractivity contribution in [1.82, 2.24) is 10.2 Å². The summed E-state index contributed by atoms with van der Waals surface area (Å²) in [5, 5.41) is 14.4. The van der Waals surface area contributed by atoms with Gasteiger partial charge in [-0.2, -0.15) is 0 Å². The van der Waals surface area contributed by atoms with Gasteiger partial charge in [-0.15, -0.1) is 0 Å². The molecule has 0 aromatic heterocycles. The van der Waals surface area contributed by atoms with Gasteiger partial charge in [0.2, 0.25) is 0 Å². The van der Waals surface area contributed by atoms with Crippen molar-refractivity contribution in [2.75, 3.05) is 32.5 Å². The lowest BCUT2D eigenvalue weighted by molar-refractivity contribution is -0.136. The number of carboxylic acids is 1. The molecule has 0 unspecified atom stereocenters. The second kappa shape index (κ2) is 8.16. The van der Waals surface area contributed by atoms with Crippen LogP contribution in [0.4, 0.5) is 10.5 Å². The van der Waals surface area contributed by atoms with Crippen LogP contribution in [0.15, 0.2) is 24.3 Å². The number of likely N-dealkylation sites (N-methyl/N-ethyl adjacent to an activating group) is 2. The summed E-state index contributed by atoms with van der Waals surface area (Å²) in [5.74, 6) is -0.828. The number of carbonyl (C=O) groups is 2. The number of nitrogens with zero attached hydrogens (tertiary/aromatic N) is 1. The fraction of sp³-hybridized carbons (Fsp3) is 0.429. The Balaban J connectivity index is 2.56. The molecule has 110 valence electrons. The minimum atomic E-state index is -0.828. The van der Waals surface area contributed by atoms with Gasteiger partial charge in [-0.3, -0.25) is 4.79 Å². The average molecular weight is 279 g/mol. The molecule has 0 aliphatic heterocycles. The maximum absolute atomic E-state index is 11.9. The number of hydrogen-bond donors (Lipinski definition) is 3. The molecule has 0 spiro atoms. The lowest BCUT2D eigenvalue weighted by atomic mass is 10.1. The van der Waals surface area contributed by atoms with Crippen LogP contribution >= 0.6 is 0 Å². The fourth-order valence-electron chi connectivity index (χ4n) is 1.66. The molecule has 0 bridgehead atoms. The number of anilines is 1. The van der Waals surface area contributed by atoms with Gasteiger partial charge in [0, 0.05) is 32.2 Å². The lowest BCUT2D eigenvalue weighted by Crippen LogP contribution is -2.35. The van der Waals surface area contributed by atoms with Crippen molar-refractivity contribution in [2.45, 2.75) is 12.8 Å². The molecule has 0 saturated carbocycles. The first-order valence-electron chi connectivity index (χ1n) is 6.50. The quantitative estimate of drug-likeness (QED) is 0.704. The summed E-state index contributed by atoms with van der Waals surface area (Å²) in [7, 11) is 3.55. The van der Waals surface area contributed by atoms with E-state index in [0.717, 1.165) is 12.1 Å². The normalized spacial score (nSPS) is 10.1.